The molecule has 2 aromatic rings. The summed E-state index contributed by atoms with van der Waals surface area (Å²) in [5.41, 5.74) is 7.00. The quantitative estimate of drug-likeness (QED) is 0.762. The number of aromatic nitrogens is 3. The highest BCUT2D eigenvalue weighted by molar-refractivity contribution is 7.99. The summed E-state index contributed by atoms with van der Waals surface area (Å²) in [4.78, 5) is 11.6. The molecular formula is C14H20N4O2S. The number of ether oxygens (including phenoxy) is 1. The van der Waals surface area contributed by atoms with Gasteiger partial charge in [-0.3, -0.25) is 4.57 Å². The number of hydrogen-bond acceptors (Lipinski definition) is 5. The number of thioether (sulfide) groups is 1. The van der Waals surface area contributed by atoms with Gasteiger partial charge in [0.05, 0.1) is 7.11 Å². The van der Waals surface area contributed by atoms with E-state index < -0.39 is 0 Å². The van der Waals surface area contributed by atoms with Gasteiger partial charge in [-0.1, -0.05) is 36.9 Å². The first-order valence-corrected chi connectivity index (χ1v) is 7.82. The first-order valence-electron chi connectivity index (χ1n) is 6.83. The summed E-state index contributed by atoms with van der Waals surface area (Å²) in [5.74, 6) is 1.40. The SMILES string of the molecule is CCCn1c(SCC(N)c2ccccc2OC)n[nH]c1=O. The van der Waals surface area contributed by atoms with Gasteiger partial charge in [-0.05, 0) is 12.5 Å². The molecule has 0 radical (unpaired) electrons. The summed E-state index contributed by atoms with van der Waals surface area (Å²) in [5, 5.41) is 7.20. The molecule has 0 bridgehead atoms. The zero-order chi connectivity index (χ0) is 15.2. The Bertz CT molecular complexity index is 638. The van der Waals surface area contributed by atoms with Crippen molar-refractivity contribution in [3.05, 3.63) is 40.3 Å². The van der Waals surface area contributed by atoms with Gasteiger partial charge >= 0.3 is 5.69 Å². The van der Waals surface area contributed by atoms with Crippen molar-refractivity contribution >= 4 is 11.8 Å². The van der Waals surface area contributed by atoms with Gasteiger partial charge in [-0.15, -0.1) is 5.10 Å². The lowest BCUT2D eigenvalue weighted by Crippen LogP contribution is -2.18. The lowest BCUT2D eigenvalue weighted by Gasteiger charge is -2.15. The van der Waals surface area contributed by atoms with E-state index in [2.05, 4.69) is 10.2 Å². The predicted molar refractivity (Wildman–Crippen MR) is 83.8 cm³/mol. The minimum Gasteiger partial charge on any atom is -0.496 e. The van der Waals surface area contributed by atoms with Crippen LogP contribution < -0.4 is 16.2 Å². The van der Waals surface area contributed by atoms with Crippen molar-refractivity contribution in [3.8, 4) is 5.75 Å². The minimum atomic E-state index is -0.187. The predicted octanol–water partition coefficient (Wildman–Crippen LogP) is 1.78. The smallest absolute Gasteiger partial charge is 0.343 e. The van der Waals surface area contributed by atoms with Crippen LogP contribution >= 0.6 is 11.8 Å². The van der Waals surface area contributed by atoms with Gasteiger partial charge in [-0.2, -0.15) is 0 Å². The second kappa shape index (κ2) is 7.33. The van der Waals surface area contributed by atoms with Gasteiger partial charge in [0, 0.05) is 23.9 Å². The molecule has 1 aromatic carbocycles. The lowest BCUT2D eigenvalue weighted by molar-refractivity contribution is 0.407. The van der Waals surface area contributed by atoms with Crippen LogP contribution in [0.3, 0.4) is 0 Å². The highest BCUT2D eigenvalue weighted by Gasteiger charge is 2.14. The molecule has 114 valence electrons. The highest BCUT2D eigenvalue weighted by Crippen LogP contribution is 2.27. The van der Waals surface area contributed by atoms with E-state index in [1.54, 1.807) is 11.7 Å². The van der Waals surface area contributed by atoms with Crippen LogP contribution in [0.2, 0.25) is 0 Å². The number of benzene rings is 1. The van der Waals surface area contributed by atoms with Crippen LogP contribution in [0.1, 0.15) is 24.9 Å². The number of nitrogens with zero attached hydrogens (tertiary/aromatic N) is 2. The molecule has 1 aromatic heterocycles. The van der Waals surface area contributed by atoms with Gasteiger partial charge in [0.2, 0.25) is 0 Å². The van der Waals surface area contributed by atoms with Crippen LogP contribution in [-0.2, 0) is 6.54 Å². The van der Waals surface area contributed by atoms with Crippen LogP contribution in [-0.4, -0.2) is 27.6 Å². The standard InChI is InChI=1S/C14H20N4O2S/c1-3-8-18-13(19)16-17-14(18)21-9-11(15)10-6-4-5-7-12(10)20-2/h4-7,11H,3,8-9,15H2,1-2H3,(H,16,19). The van der Waals surface area contributed by atoms with Crippen LogP contribution in [0.25, 0.3) is 0 Å². The first kappa shape index (κ1) is 15.7. The lowest BCUT2D eigenvalue weighted by atomic mass is 10.1. The maximum atomic E-state index is 11.6. The molecule has 0 aliphatic carbocycles. The fourth-order valence-electron chi connectivity index (χ4n) is 2.06. The molecule has 1 atom stereocenters. The van der Waals surface area contributed by atoms with Crippen molar-refractivity contribution in [3.63, 3.8) is 0 Å². The summed E-state index contributed by atoms with van der Waals surface area (Å²) < 4.78 is 6.96. The Hall–Kier alpha value is -1.73. The Kier molecular flexibility index (Phi) is 5.46. The zero-order valence-corrected chi connectivity index (χ0v) is 13.0. The monoisotopic (exact) mass is 308 g/mol. The number of rotatable bonds is 7. The van der Waals surface area contributed by atoms with Crippen LogP contribution in [0.4, 0.5) is 0 Å². The van der Waals surface area contributed by atoms with Gasteiger partial charge in [0.25, 0.3) is 0 Å². The molecule has 21 heavy (non-hydrogen) atoms. The third kappa shape index (κ3) is 3.68. The molecule has 6 nitrogen and oxygen atoms in total. The van der Waals surface area contributed by atoms with E-state index in [1.807, 2.05) is 31.2 Å². The van der Waals surface area contributed by atoms with Crippen molar-refractivity contribution < 1.29 is 4.74 Å². The summed E-state index contributed by atoms with van der Waals surface area (Å²) in [7, 11) is 1.63. The summed E-state index contributed by atoms with van der Waals surface area (Å²) >= 11 is 1.47. The Morgan fingerprint density at radius 1 is 1.48 bits per heavy atom. The zero-order valence-electron chi connectivity index (χ0n) is 12.2. The van der Waals surface area contributed by atoms with E-state index in [9.17, 15) is 4.79 Å². The van der Waals surface area contributed by atoms with Gasteiger partial charge in [0.15, 0.2) is 5.16 Å². The number of nitrogens with one attached hydrogen (secondary N) is 1. The normalized spacial score (nSPS) is 12.3. The molecule has 7 heteroatoms. The van der Waals surface area contributed by atoms with E-state index in [0.717, 1.165) is 17.7 Å². The van der Waals surface area contributed by atoms with E-state index >= 15 is 0 Å². The summed E-state index contributed by atoms with van der Waals surface area (Å²) in [6.45, 7) is 2.68. The molecule has 1 unspecified atom stereocenters. The number of para-hydroxylation sites is 1. The van der Waals surface area contributed by atoms with Crippen molar-refractivity contribution in [2.45, 2.75) is 31.1 Å². The second-order valence-electron chi connectivity index (χ2n) is 4.62. The molecule has 3 N–H and O–H groups in total. The van der Waals surface area contributed by atoms with Crippen molar-refractivity contribution in [1.82, 2.24) is 14.8 Å². The minimum absolute atomic E-state index is 0.176. The largest absolute Gasteiger partial charge is 0.496 e. The van der Waals surface area contributed by atoms with Gasteiger partial charge in [0.1, 0.15) is 5.75 Å². The Morgan fingerprint density at radius 2 is 2.24 bits per heavy atom. The molecule has 0 aliphatic heterocycles. The number of methoxy groups -OCH3 is 1. The second-order valence-corrected chi connectivity index (χ2v) is 5.61. The molecule has 0 amide bonds. The van der Waals surface area contributed by atoms with Crippen molar-refractivity contribution in [2.24, 2.45) is 5.73 Å². The van der Waals surface area contributed by atoms with Gasteiger partial charge < -0.3 is 10.5 Å². The molecule has 1 heterocycles. The first-order chi connectivity index (χ1) is 10.2. The molecule has 0 fully saturated rings. The highest BCUT2D eigenvalue weighted by atomic mass is 32.2. The van der Waals surface area contributed by atoms with E-state index in [4.69, 9.17) is 10.5 Å². The van der Waals surface area contributed by atoms with Crippen molar-refractivity contribution in [1.29, 1.82) is 0 Å². The Morgan fingerprint density at radius 3 is 2.95 bits per heavy atom. The Labute approximate surface area is 127 Å². The summed E-state index contributed by atoms with van der Waals surface area (Å²) in [6.07, 6.45) is 0.881. The topological polar surface area (TPSA) is 85.9 Å². The fraction of sp³-hybridized carbons (Fsp3) is 0.429. The third-order valence-electron chi connectivity index (χ3n) is 3.10. The maximum absolute atomic E-state index is 11.6. The third-order valence-corrected chi connectivity index (χ3v) is 4.20. The number of nitrogens with two attached hydrogens (primary N) is 1. The fourth-order valence-corrected chi connectivity index (χ4v) is 3.01. The molecule has 0 spiro atoms. The summed E-state index contributed by atoms with van der Waals surface area (Å²) in [6, 6.07) is 7.50. The number of H-pyrrole nitrogens is 1. The van der Waals surface area contributed by atoms with Gasteiger partial charge in [-0.25, -0.2) is 9.89 Å². The van der Waals surface area contributed by atoms with Crippen LogP contribution in [0.5, 0.6) is 5.75 Å². The molecule has 0 saturated heterocycles. The average Bonchev–Trinajstić information content (AvgIpc) is 2.86. The van der Waals surface area contributed by atoms with E-state index in [-0.39, 0.29) is 11.7 Å². The van der Waals surface area contributed by atoms with E-state index in [0.29, 0.717) is 17.5 Å². The van der Waals surface area contributed by atoms with Crippen LogP contribution in [0.15, 0.2) is 34.2 Å². The molecular weight excluding hydrogens is 288 g/mol. The van der Waals surface area contributed by atoms with Crippen molar-refractivity contribution in [2.75, 3.05) is 12.9 Å². The number of aromatic amines is 1. The van der Waals surface area contributed by atoms with E-state index in [1.165, 1.54) is 11.8 Å². The number of hydrogen-bond donors (Lipinski definition) is 2. The Balaban J connectivity index is 2.07. The molecule has 0 saturated carbocycles. The molecule has 2 rings (SSSR count). The average molecular weight is 308 g/mol. The molecule has 0 aliphatic rings. The van der Waals surface area contributed by atoms with Crippen LogP contribution in [0, 0.1) is 0 Å². The maximum Gasteiger partial charge on any atom is 0.343 e.